The number of carboxylic acid groups (broad SMARTS) is 2. The molecule has 2 atom stereocenters. The van der Waals surface area contributed by atoms with E-state index in [2.05, 4.69) is 17.0 Å². The number of carbonyl (C=O) groups excluding carboxylic acids is 2. The fourth-order valence-electron chi connectivity index (χ4n) is 6.25. The lowest BCUT2D eigenvalue weighted by Gasteiger charge is -2.43. The number of likely N-dealkylation sites (tertiary alicyclic amines) is 2. The number of hydrogen-bond donors (Lipinski definition) is 3. The minimum Gasteiger partial charge on any atom is -0.481 e. The molecule has 1 amide bonds. The van der Waals surface area contributed by atoms with E-state index in [1.165, 1.54) is 11.1 Å². The highest BCUT2D eigenvalue weighted by atomic mass is 35.5. The number of rotatable bonds is 11. The van der Waals surface area contributed by atoms with Crippen LogP contribution < -0.4 is 0 Å². The topological polar surface area (TPSA) is 154 Å². The largest absolute Gasteiger partial charge is 0.481 e. The van der Waals surface area contributed by atoms with Crippen molar-refractivity contribution in [2.75, 3.05) is 32.7 Å². The van der Waals surface area contributed by atoms with Crippen LogP contribution in [0.4, 0.5) is 0 Å². The fourth-order valence-corrected chi connectivity index (χ4v) is 6.46. The minimum atomic E-state index is -2.78. The third-order valence-electron chi connectivity index (χ3n) is 8.66. The zero-order valence-electron chi connectivity index (χ0n) is 23.6. The second-order valence-electron chi connectivity index (χ2n) is 11.7. The standard InChI is InChI=1S/C31H35ClN2O9/c32-25-8-4-2-5-20(25)13-22(16-33-11-9-31(10-12-33)24-7-3-1-6-21(24)19-42-31)28(38)34-17-23(18-34)43-27(37)15-30(41,29(39)40)14-26(35)36/h1-8,22-23,41H,9-19H2,(H,35,36)(H,39,40). The molecule has 2 aromatic rings. The summed E-state index contributed by atoms with van der Waals surface area (Å²) in [6, 6.07) is 15.7. The summed E-state index contributed by atoms with van der Waals surface area (Å²) in [6.07, 6.45) is -0.769. The van der Waals surface area contributed by atoms with Crippen LogP contribution in [0.1, 0.15) is 42.4 Å². The summed E-state index contributed by atoms with van der Waals surface area (Å²) in [4.78, 5) is 52.2. The summed E-state index contributed by atoms with van der Waals surface area (Å²) < 4.78 is 11.5. The number of hydrogen-bond acceptors (Lipinski definition) is 8. The maximum Gasteiger partial charge on any atom is 0.336 e. The number of halogens is 1. The first-order valence-corrected chi connectivity index (χ1v) is 14.7. The number of amides is 1. The van der Waals surface area contributed by atoms with Crippen molar-refractivity contribution in [3.05, 3.63) is 70.2 Å². The number of benzene rings is 2. The number of aliphatic carboxylic acids is 2. The Kier molecular flexibility index (Phi) is 9.07. The van der Waals surface area contributed by atoms with Gasteiger partial charge in [0.1, 0.15) is 6.10 Å². The molecule has 3 N–H and O–H groups in total. The van der Waals surface area contributed by atoms with Crippen LogP contribution in [-0.4, -0.2) is 93.4 Å². The predicted octanol–water partition coefficient (Wildman–Crippen LogP) is 2.45. The smallest absolute Gasteiger partial charge is 0.336 e. The molecule has 5 rings (SSSR count). The second kappa shape index (κ2) is 12.6. The van der Waals surface area contributed by atoms with Gasteiger partial charge in [0.15, 0.2) is 5.60 Å². The summed E-state index contributed by atoms with van der Waals surface area (Å²) in [7, 11) is 0. The molecule has 11 nitrogen and oxygen atoms in total. The van der Waals surface area contributed by atoms with Crippen LogP contribution in [-0.2, 0) is 47.3 Å². The molecule has 0 bridgehead atoms. The SMILES string of the molecule is O=C(O)CC(O)(CC(=O)OC1CN(C(=O)C(Cc2ccccc2Cl)CN2CCC3(CC2)OCc2ccccc23)C1)C(=O)O. The molecule has 2 fully saturated rings. The molecule has 0 aromatic heterocycles. The third kappa shape index (κ3) is 6.85. The number of piperidine rings is 1. The van der Waals surface area contributed by atoms with Gasteiger partial charge in [0.05, 0.1) is 44.1 Å². The quantitative estimate of drug-likeness (QED) is 0.322. The first kappa shape index (κ1) is 30.9. The Morgan fingerprint density at radius 3 is 2.37 bits per heavy atom. The summed E-state index contributed by atoms with van der Waals surface area (Å²) in [5, 5.41) is 28.8. The van der Waals surface area contributed by atoms with E-state index >= 15 is 0 Å². The van der Waals surface area contributed by atoms with Crippen LogP contribution >= 0.6 is 11.6 Å². The highest BCUT2D eigenvalue weighted by Crippen LogP contribution is 2.44. The van der Waals surface area contributed by atoms with Gasteiger partial charge >= 0.3 is 17.9 Å². The van der Waals surface area contributed by atoms with E-state index in [9.17, 15) is 29.4 Å². The van der Waals surface area contributed by atoms with Gasteiger partial charge in [0, 0.05) is 24.7 Å². The van der Waals surface area contributed by atoms with E-state index in [1.807, 2.05) is 30.3 Å². The number of carbonyl (C=O) groups is 4. The molecule has 0 radical (unpaired) electrons. The van der Waals surface area contributed by atoms with Gasteiger partial charge < -0.3 is 34.6 Å². The van der Waals surface area contributed by atoms with E-state index in [1.54, 1.807) is 11.0 Å². The Hall–Kier alpha value is -3.51. The number of fused-ring (bicyclic) bond motifs is 2. The summed E-state index contributed by atoms with van der Waals surface area (Å²) in [5.74, 6) is -4.95. The van der Waals surface area contributed by atoms with Crippen molar-refractivity contribution in [1.29, 1.82) is 0 Å². The summed E-state index contributed by atoms with van der Waals surface area (Å²) >= 11 is 6.45. The van der Waals surface area contributed by atoms with Crippen molar-refractivity contribution in [3.63, 3.8) is 0 Å². The van der Waals surface area contributed by atoms with Gasteiger partial charge in [-0.05, 0) is 42.0 Å². The molecule has 1 spiro atoms. The monoisotopic (exact) mass is 614 g/mol. The predicted molar refractivity (Wildman–Crippen MR) is 153 cm³/mol. The van der Waals surface area contributed by atoms with E-state index in [4.69, 9.17) is 26.2 Å². The average molecular weight is 615 g/mol. The first-order chi connectivity index (χ1) is 20.5. The molecule has 0 aliphatic carbocycles. The maximum atomic E-state index is 13.7. The Morgan fingerprint density at radius 2 is 1.70 bits per heavy atom. The number of carboxylic acids is 2. The Morgan fingerprint density at radius 1 is 1.02 bits per heavy atom. The minimum absolute atomic E-state index is 0.108. The van der Waals surface area contributed by atoms with Crippen LogP contribution in [0.5, 0.6) is 0 Å². The van der Waals surface area contributed by atoms with Crippen molar-refractivity contribution in [1.82, 2.24) is 9.80 Å². The molecular weight excluding hydrogens is 580 g/mol. The highest BCUT2D eigenvalue weighted by Gasteiger charge is 2.45. The number of esters is 1. The molecule has 3 aliphatic rings. The van der Waals surface area contributed by atoms with Gasteiger partial charge in [-0.15, -0.1) is 0 Å². The van der Waals surface area contributed by atoms with Crippen LogP contribution in [0, 0.1) is 5.92 Å². The van der Waals surface area contributed by atoms with Crippen LogP contribution in [0.2, 0.25) is 5.02 Å². The molecule has 2 unspecified atom stereocenters. The number of nitrogens with zero attached hydrogens (tertiary/aromatic N) is 2. The van der Waals surface area contributed by atoms with Crippen molar-refractivity contribution in [2.24, 2.45) is 5.92 Å². The van der Waals surface area contributed by atoms with Gasteiger partial charge in [0.2, 0.25) is 5.91 Å². The van der Waals surface area contributed by atoms with Crippen molar-refractivity contribution in [2.45, 2.75) is 56.0 Å². The van der Waals surface area contributed by atoms with E-state index in [-0.39, 0.29) is 24.6 Å². The first-order valence-electron chi connectivity index (χ1n) is 14.3. The van der Waals surface area contributed by atoms with Gasteiger partial charge in [-0.2, -0.15) is 0 Å². The Balaban J connectivity index is 1.19. The zero-order valence-corrected chi connectivity index (χ0v) is 24.4. The summed E-state index contributed by atoms with van der Waals surface area (Å²) in [6.45, 7) is 2.89. The Bertz CT molecular complexity index is 1390. The Labute approximate surface area is 253 Å². The number of aliphatic hydroxyl groups is 1. The lowest BCUT2D eigenvalue weighted by Crippen LogP contribution is -2.58. The van der Waals surface area contributed by atoms with E-state index in [0.717, 1.165) is 31.5 Å². The van der Waals surface area contributed by atoms with Crippen molar-refractivity contribution >= 4 is 35.4 Å². The molecule has 3 aliphatic heterocycles. The fraction of sp³-hybridized carbons (Fsp3) is 0.484. The highest BCUT2D eigenvalue weighted by molar-refractivity contribution is 6.31. The molecule has 3 heterocycles. The zero-order chi connectivity index (χ0) is 30.8. The van der Waals surface area contributed by atoms with Gasteiger partial charge in [0.25, 0.3) is 0 Å². The molecule has 2 aromatic carbocycles. The van der Waals surface area contributed by atoms with Gasteiger partial charge in [-0.3, -0.25) is 14.4 Å². The van der Waals surface area contributed by atoms with Crippen LogP contribution in [0.3, 0.4) is 0 Å². The van der Waals surface area contributed by atoms with Gasteiger partial charge in [-0.25, -0.2) is 4.79 Å². The molecule has 2 saturated heterocycles. The lowest BCUT2D eigenvalue weighted by molar-refractivity contribution is -0.178. The summed E-state index contributed by atoms with van der Waals surface area (Å²) in [5.41, 5.74) is 0.274. The molecule has 0 saturated carbocycles. The molecular formula is C31H35ClN2O9. The normalized spacial score (nSPS) is 20.1. The molecule has 43 heavy (non-hydrogen) atoms. The lowest BCUT2D eigenvalue weighted by atomic mass is 9.83. The third-order valence-corrected chi connectivity index (χ3v) is 9.03. The van der Waals surface area contributed by atoms with Gasteiger partial charge in [-0.1, -0.05) is 54.1 Å². The molecule has 230 valence electrons. The maximum absolute atomic E-state index is 13.7. The van der Waals surface area contributed by atoms with E-state index in [0.29, 0.717) is 24.6 Å². The average Bonchev–Trinajstić information content (AvgIpc) is 3.29. The van der Waals surface area contributed by atoms with Crippen molar-refractivity contribution < 1.29 is 44.0 Å². The molecule has 12 heteroatoms. The number of ether oxygens (including phenoxy) is 2. The van der Waals surface area contributed by atoms with Crippen LogP contribution in [0.25, 0.3) is 0 Å². The van der Waals surface area contributed by atoms with Crippen molar-refractivity contribution in [3.8, 4) is 0 Å². The van der Waals surface area contributed by atoms with Crippen LogP contribution in [0.15, 0.2) is 48.5 Å². The van der Waals surface area contributed by atoms with E-state index < -0.39 is 48.4 Å². The second-order valence-corrected chi connectivity index (χ2v) is 12.1.